The van der Waals surface area contributed by atoms with Crippen molar-refractivity contribution in [2.24, 2.45) is 11.0 Å². The van der Waals surface area contributed by atoms with Gasteiger partial charge in [-0.3, -0.25) is 9.59 Å². The van der Waals surface area contributed by atoms with Crippen LogP contribution >= 0.6 is 0 Å². The van der Waals surface area contributed by atoms with Crippen molar-refractivity contribution in [3.8, 4) is 5.75 Å². The second-order valence-electron chi connectivity index (χ2n) is 6.38. The zero-order chi connectivity index (χ0) is 18.5. The van der Waals surface area contributed by atoms with Crippen molar-refractivity contribution < 1.29 is 14.7 Å². The third kappa shape index (κ3) is 4.27. The number of carbonyl (C=O) groups excluding carboxylic acids is 2. The van der Waals surface area contributed by atoms with Crippen molar-refractivity contribution in [1.29, 1.82) is 0 Å². The predicted molar refractivity (Wildman–Crippen MR) is 98.4 cm³/mol. The van der Waals surface area contributed by atoms with Gasteiger partial charge in [0.25, 0.3) is 0 Å². The molecule has 134 valence electrons. The first-order chi connectivity index (χ1) is 12.5. The number of phenolic OH excluding ortho intramolecular Hbond substituents is 1. The maximum Gasteiger partial charge on any atom is 0.245 e. The summed E-state index contributed by atoms with van der Waals surface area (Å²) in [5.74, 6) is -0.503. The number of hydrogen-bond donors (Lipinski definition) is 2. The Bertz CT molecular complexity index is 816. The minimum absolute atomic E-state index is 0.0201. The average molecular weight is 351 g/mol. The van der Waals surface area contributed by atoms with E-state index in [1.165, 1.54) is 0 Å². The molecule has 2 N–H and O–H groups in total. The van der Waals surface area contributed by atoms with Crippen LogP contribution < -0.4 is 5.43 Å². The summed E-state index contributed by atoms with van der Waals surface area (Å²) in [4.78, 5) is 26.2. The van der Waals surface area contributed by atoms with E-state index < -0.39 is 5.92 Å². The Morgan fingerprint density at radius 3 is 2.58 bits per heavy atom. The van der Waals surface area contributed by atoms with Gasteiger partial charge in [-0.15, -0.1) is 0 Å². The molecule has 26 heavy (non-hydrogen) atoms. The molecule has 1 saturated heterocycles. The van der Waals surface area contributed by atoms with Crippen molar-refractivity contribution >= 4 is 17.5 Å². The minimum atomic E-state index is -0.400. The van der Waals surface area contributed by atoms with Crippen LogP contribution in [0.5, 0.6) is 5.75 Å². The Labute approximate surface area is 152 Å². The Kier molecular flexibility index (Phi) is 5.31. The Balaban J connectivity index is 1.57. The lowest BCUT2D eigenvalue weighted by Gasteiger charge is -2.16. The van der Waals surface area contributed by atoms with Crippen LogP contribution in [0.4, 0.5) is 0 Å². The van der Waals surface area contributed by atoms with Crippen LogP contribution in [0.25, 0.3) is 0 Å². The van der Waals surface area contributed by atoms with Crippen molar-refractivity contribution in [2.75, 3.05) is 6.54 Å². The first-order valence-electron chi connectivity index (χ1n) is 8.48. The van der Waals surface area contributed by atoms with Gasteiger partial charge in [0.05, 0.1) is 11.6 Å². The number of nitrogens with zero attached hydrogens (tertiary/aromatic N) is 2. The summed E-state index contributed by atoms with van der Waals surface area (Å²) in [5.41, 5.74) is 5.03. The van der Waals surface area contributed by atoms with Gasteiger partial charge in [-0.1, -0.05) is 30.3 Å². The summed E-state index contributed by atoms with van der Waals surface area (Å²) in [7, 11) is 0. The van der Waals surface area contributed by atoms with Crippen molar-refractivity contribution in [3.63, 3.8) is 0 Å². The molecule has 2 aromatic rings. The summed E-state index contributed by atoms with van der Waals surface area (Å²) in [5, 5.41) is 13.4. The molecule has 2 amide bonds. The molecule has 6 heteroatoms. The lowest BCUT2D eigenvalue weighted by molar-refractivity contribution is -0.129. The van der Waals surface area contributed by atoms with Crippen LogP contribution in [0.3, 0.4) is 0 Å². The molecule has 0 radical (unpaired) electrons. The molecule has 0 aromatic heterocycles. The molecule has 0 saturated carbocycles. The van der Waals surface area contributed by atoms with Gasteiger partial charge in [-0.05, 0) is 42.3 Å². The van der Waals surface area contributed by atoms with Gasteiger partial charge in [-0.25, -0.2) is 5.43 Å². The molecule has 1 heterocycles. The SMILES string of the molecule is C/C(=N\NC(=O)C1CC(=O)N(Cc2ccccc2)C1)c1ccc(O)cc1. The van der Waals surface area contributed by atoms with E-state index in [0.29, 0.717) is 18.8 Å². The fraction of sp³-hybridized carbons (Fsp3) is 0.250. The molecule has 1 unspecified atom stereocenters. The van der Waals surface area contributed by atoms with E-state index in [9.17, 15) is 14.7 Å². The Morgan fingerprint density at radius 2 is 1.88 bits per heavy atom. The van der Waals surface area contributed by atoms with Crippen LogP contribution in [-0.2, 0) is 16.1 Å². The fourth-order valence-corrected chi connectivity index (χ4v) is 2.90. The number of phenols is 1. The number of aromatic hydroxyl groups is 1. The molecule has 1 fully saturated rings. The summed E-state index contributed by atoms with van der Waals surface area (Å²) in [6.45, 7) is 2.68. The number of benzene rings is 2. The van der Waals surface area contributed by atoms with Gasteiger partial charge < -0.3 is 10.0 Å². The zero-order valence-corrected chi connectivity index (χ0v) is 14.6. The van der Waals surface area contributed by atoms with Crippen LogP contribution in [-0.4, -0.2) is 34.1 Å². The first kappa shape index (κ1) is 17.7. The summed E-state index contributed by atoms with van der Waals surface area (Å²) < 4.78 is 0. The van der Waals surface area contributed by atoms with Crippen LogP contribution in [0, 0.1) is 5.92 Å². The van der Waals surface area contributed by atoms with E-state index in [2.05, 4.69) is 10.5 Å². The predicted octanol–water partition coefficient (Wildman–Crippen LogP) is 2.28. The van der Waals surface area contributed by atoms with Crippen LogP contribution in [0.15, 0.2) is 59.7 Å². The second kappa shape index (κ2) is 7.82. The second-order valence-corrected chi connectivity index (χ2v) is 6.38. The molecular formula is C20H21N3O3. The zero-order valence-electron chi connectivity index (χ0n) is 14.6. The van der Waals surface area contributed by atoms with Gasteiger partial charge in [-0.2, -0.15) is 5.10 Å². The lowest BCUT2D eigenvalue weighted by Crippen LogP contribution is -2.30. The molecule has 6 nitrogen and oxygen atoms in total. The van der Waals surface area contributed by atoms with Crippen LogP contribution in [0.2, 0.25) is 0 Å². The number of amides is 2. The standard InChI is InChI=1S/C20H21N3O3/c1-14(16-7-9-18(24)10-8-16)21-22-20(26)17-11-19(25)23(13-17)12-15-5-3-2-4-6-15/h2-10,17,24H,11-13H2,1H3,(H,22,26)/b21-14+. The van der Waals surface area contributed by atoms with Gasteiger partial charge >= 0.3 is 0 Å². The normalized spacial score (nSPS) is 17.4. The van der Waals surface area contributed by atoms with E-state index in [-0.39, 0.29) is 24.0 Å². The van der Waals surface area contributed by atoms with Crippen molar-refractivity contribution in [2.45, 2.75) is 19.9 Å². The highest BCUT2D eigenvalue weighted by Gasteiger charge is 2.34. The highest BCUT2D eigenvalue weighted by atomic mass is 16.3. The third-order valence-corrected chi connectivity index (χ3v) is 4.42. The third-order valence-electron chi connectivity index (χ3n) is 4.42. The molecule has 1 atom stereocenters. The summed E-state index contributed by atoms with van der Waals surface area (Å²) in [6.07, 6.45) is 0.201. The molecule has 3 rings (SSSR count). The highest BCUT2D eigenvalue weighted by Crippen LogP contribution is 2.20. The number of hydrogen-bond acceptors (Lipinski definition) is 4. The van der Waals surface area contributed by atoms with Gasteiger partial charge in [0.1, 0.15) is 5.75 Å². The van der Waals surface area contributed by atoms with Gasteiger partial charge in [0.15, 0.2) is 0 Å². The molecule has 2 aromatic carbocycles. The number of nitrogens with one attached hydrogen (secondary N) is 1. The average Bonchev–Trinajstić information content (AvgIpc) is 3.01. The molecule has 0 aliphatic carbocycles. The van der Waals surface area contributed by atoms with E-state index in [1.807, 2.05) is 30.3 Å². The molecular weight excluding hydrogens is 330 g/mol. The number of likely N-dealkylation sites (tertiary alicyclic amines) is 1. The van der Waals surface area contributed by atoms with Crippen LogP contribution in [0.1, 0.15) is 24.5 Å². The largest absolute Gasteiger partial charge is 0.508 e. The number of carbonyl (C=O) groups is 2. The maximum absolute atomic E-state index is 12.3. The Hall–Kier alpha value is -3.15. The maximum atomic E-state index is 12.3. The van der Waals surface area contributed by atoms with E-state index in [4.69, 9.17) is 0 Å². The summed E-state index contributed by atoms with van der Waals surface area (Å²) in [6, 6.07) is 16.3. The van der Waals surface area contributed by atoms with Crippen molar-refractivity contribution in [1.82, 2.24) is 10.3 Å². The molecule has 1 aliphatic rings. The number of rotatable bonds is 5. The quantitative estimate of drug-likeness (QED) is 0.640. The smallest absolute Gasteiger partial charge is 0.245 e. The van der Waals surface area contributed by atoms with E-state index in [0.717, 1.165) is 11.1 Å². The molecule has 0 bridgehead atoms. The lowest BCUT2D eigenvalue weighted by atomic mass is 10.1. The highest BCUT2D eigenvalue weighted by molar-refractivity contribution is 5.99. The molecule has 1 aliphatic heterocycles. The van der Waals surface area contributed by atoms with Gasteiger partial charge in [0, 0.05) is 19.5 Å². The Morgan fingerprint density at radius 1 is 1.19 bits per heavy atom. The number of hydrazone groups is 1. The topological polar surface area (TPSA) is 82.0 Å². The van der Waals surface area contributed by atoms with E-state index >= 15 is 0 Å². The monoisotopic (exact) mass is 351 g/mol. The minimum Gasteiger partial charge on any atom is -0.508 e. The van der Waals surface area contributed by atoms with Crippen molar-refractivity contribution in [3.05, 3.63) is 65.7 Å². The van der Waals surface area contributed by atoms with Gasteiger partial charge in [0.2, 0.25) is 11.8 Å². The fourth-order valence-electron chi connectivity index (χ4n) is 2.90. The first-order valence-corrected chi connectivity index (χ1v) is 8.48. The molecule has 0 spiro atoms. The summed E-state index contributed by atoms with van der Waals surface area (Å²) >= 11 is 0. The van der Waals surface area contributed by atoms with E-state index in [1.54, 1.807) is 36.1 Å².